The minimum atomic E-state index is -3.23. The van der Waals surface area contributed by atoms with Crippen LogP contribution in [0.25, 0.3) is 0 Å². The van der Waals surface area contributed by atoms with Crippen LogP contribution < -0.4 is 10.1 Å². The Hall–Kier alpha value is -1.64. The molecule has 2 aliphatic heterocycles. The van der Waals surface area contributed by atoms with Crippen LogP contribution in [0.15, 0.2) is 18.2 Å². The molecule has 2 aliphatic rings. The van der Waals surface area contributed by atoms with Crippen molar-refractivity contribution >= 4 is 15.9 Å². The first-order chi connectivity index (χ1) is 11.4. The van der Waals surface area contributed by atoms with E-state index in [1.807, 2.05) is 12.1 Å². The van der Waals surface area contributed by atoms with Crippen molar-refractivity contribution in [3.05, 3.63) is 29.3 Å². The number of benzene rings is 1. The average Bonchev–Trinajstić information content (AvgIpc) is 2.59. The number of hydrogen-bond donors (Lipinski definition) is 1. The zero-order chi connectivity index (χ0) is 17.2. The number of ether oxygens (including phenoxy) is 2. The van der Waals surface area contributed by atoms with Gasteiger partial charge in [0.25, 0.3) is 5.91 Å². The molecule has 7 nitrogen and oxygen atoms in total. The fraction of sp³-hybridized carbons (Fsp3) is 0.562. The Morgan fingerprint density at radius 3 is 3.00 bits per heavy atom. The van der Waals surface area contributed by atoms with Gasteiger partial charge in [0.05, 0.1) is 25.6 Å². The SMILES string of the molecule is CS(=O)(=O)N1CCOC(CNC(=O)c2ccc3c(c2)CCCO3)C1. The summed E-state index contributed by atoms with van der Waals surface area (Å²) in [6.07, 6.45) is 2.71. The second-order valence-electron chi connectivity index (χ2n) is 6.10. The molecule has 0 aromatic heterocycles. The van der Waals surface area contributed by atoms with Crippen LogP contribution in [0.3, 0.4) is 0 Å². The van der Waals surface area contributed by atoms with Crippen molar-refractivity contribution in [2.75, 3.05) is 39.1 Å². The highest BCUT2D eigenvalue weighted by molar-refractivity contribution is 7.88. The highest BCUT2D eigenvalue weighted by Crippen LogP contribution is 2.25. The molecule has 3 rings (SSSR count). The van der Waals surface area contributed by atoms with Crippen LogP contribution in [0.2, 0.25) is 0 Å². The number of carbonyl (C=O) groups is 1. The molecule has 8 heteroatoms. The number of nitrogens with zero attached hydrogens (tertiary/aromatic N) is 1. The highest BCUT2D eigenvalue weighted by Gasteiger charge is 2.26. The molecule has 1 saturated heterocycles. The van der Waals surface area contributed by atoms with Gasteiger partial charge in [-0.2, -0.15) is 4.31 Å². The molecule has 2 heterocycles. The maximum atomic E-state index is 12.3. The first-order valence-electron chi connectivity index (χ1n) is 8.04. The van der Waals surface area contributed by atoms with Gasteiger partial charge in [0.2, 0.25) is 10.0 Å². The van der Waals surface area contributed by atoms with Crippen molar-refractivity contribution in [1.29, 1.82) is 0 Å². The molecule has 0 spiro atoms. The number of rotatable bonds is 4. The zero-order valence-electron chi connectivity index (χ0n) is 13.7. The van der Waals surface area contributed by atoms with Gasteiger partial charge in [-0.15, -0.1) is 0 Å². The van der Waals surface area contributed by atoms with E-state index in [2.05, 4.69) is 5.32 Å². The van der Waals surface area contributed by atoms with Crippen LogP contribution >= 0.6 is 0 Å². The Kier molecular flexibility index (Phi) is 5.07. The Balaban J connectivity index is 1.57. The summed E-state index contributed by atoms with van der Waals surface area (Å²) in [7, 11) is -3.23. The third-order valence-electron chi connectivity index (χ3n) is 4.23. The Morgan fingerprint density at radius 2 is 2.21 bits per heavy atom. The topological polar surface area (TPSA) is 84.9 Å². The highest BCUT2D eigenvalue weighted by atomic mass is 32.2. The van der Waals surface area contributed by atoms with Crippen molar-refractivity contribution in [2.24, 2.45) is 0 Å². The van der Waals surface area contributed by atoms with Gasteiger partial charge >= 0.3 is 0 Å². The number of aryl methyl sites for hydroxylation is 1. The van der Waals surface area contributed by atoms with E-state index in [0.29, 0.717) is 25.3 Å². The summed E-state index contributed by atoms with van der Waals surface area (Å²) in [6, 6.07) is 5.42. The predicted molar refractivity (Wildman–Crippen MR) is 88.7 cm³/mol. The summed E-state index contributed by atoms with van der Waals surface area (Å²) in [4.78, 5) is 12.3. The van der Waals surface area contributed by atoms with Crippen LogP contribution in [0.4, 0.5) is 0 Å². The molecule has 1 atom stereocenters. The molecule has 24 heavy (non-hydrogen) atoms. The van der Waals surface area contributed by atoms with E-state index in [0.717, 1.165) is 24.2 Å². The van der Waals surface area contributed by atoms with Gasteiger partial charge in [-0.25, -0.2) is 8.42 Å². The normalized spacial score (nSPS) is 21.6. The minimum Gasteiger partial charge on any atom is -0.493 e. The molecule has 1 N–H and O–H groups in total. The lowest BCUT2D eigenvalue weighted by Crippen LogP contribution is -2.49. The number of hydrogen-bond acceptors (Lipinski definition) is 5. The van der Waals surface area contributed by atoms with E-state index in [4.69, 9.17) is 9.47 Å². The third kappa shape index (κ3) is 4.06. The Labute approximate surface area is 142 Å². The van der Waals surface area contributed by atoms with Crippen LogP contribution in [-0.2, 0) is 21.2 Å². The number of fused-ring (bicyclic) bond motifs is 1. The van der Waals surface area contributed by atoms with Crippen molar-refractivity contribution in [1.82, 2.24) is 9.62 Å². The van der Waals surface area contributed by atoms with Crippen LogP contribution in [0, 0.1) is 0 Å². The molecule has 1 unspecified atom stereocenters. The molecule has 0 bridgehead atoms. The largest absolute Gasteiger partial charge is 0.493 e. The summed E-state index contributed by atoms with van der Waals surface area (Å²) >= 11 is 0. The first kappa shape index (κ1) is 17.2. The molecule has 1 fully saturated rings. The molecule has 1 amide bonds. The number of nitrogens with one attached hydrogen (secondary N) is 1. The molecule has 0 saturated carbocycles. The van der Waals surface area contributed by atoms with Gasteiger partial charge in [0.1, 0.15) is 5.75 Å². The zero-order valence-corrected chi connectivity index (χ0v) is 14.5. The third-order valence-corrected chi connectivity index (χ3v) is 5.50. The number of amides is 1. The van der Waals surface area contributed by atoms with E-state index in [1.165, 1.54) is 10.6 Å². The lowest BCUT2D eigenvalue weighted by atomic mass is 10.0. The van der Waals surface area contributed by atoms with Gasteiger partial charge < -0.3 is 14.8 Å². The first-order valence-corrected chi connectivity index (χ1v) is 9.89. The van der Waals surface area contributed by atoms with Crippen molar-refractivity contribution in [3.8, 4) is 5.75 Å². The molecule has 0 aliphatic carbocycles. The van der Waals surface area contributed by atoms with Gasteiger partial charge in [-0.1, -0.05) is 0 Å². The van der Waals surface area contributed by atoms with Crippen LogP contribution in [0.5, 0.6) is 5.75 Å². The second kappa shape index (κ2) is 7.08. The van der Waals surface area contributed by atoms with Crippen molar-refractivity contribution in [3.63, 3.8) is 0 Å². The van der Waals surface area contributed by atoms with Crippen molar-refractivity contribution < 1.29 is 22.7 Å². The predicted octanol–water partition coefficient (Wildman–Crippen LogP) is 0.402. The monoisotopic (exact) mass is 354 g/mol. The summed E-state index contributed by atoms with van der Waals surface area (Å²) in [5.74, 6) is 0.653. The molecular weight excluding hydrogens is 332 g/mol. The molecule has 1 aromatic carbocycles. The molecule has 0 radical (unpaired) electrons. The summed E-state index contributed by atoms with van der Waals surface area (Å²) < 4.78 is 35.7. The van der Waals surface area contributed by atoms with Gasteiger partial charge in [0.15, 0.2) is 0 Å². The van der Waals surface area contributed by atoms with E-state index in [-0.39, 0.29) is 25.1 Å². The number of morpholine rings is 1. The van der Waals surface area contributed by atoms with E-state index >= 15 is 0 Å². The number of carbonyl (C=O) groups excluding carboxylic acids is 1. The van der Waals surface area contributed by atoms with Crippen LogP contribution in [-0.4, -0.2) is 63.8 Å². The lowest BCUT2D eigenvalue weighted by Gasteiger charge is -2.31. The smallest absolute Gasteiger partial charge is 0.251 e. The van der Waals surface area contributed by atoms with Gasteiger partial charge in [0, 0.05) is 25.2 Å². The summed E-state index contributed by atoms with van der Waals surface area (Å²) in [5, 5.41) is 2.82. The molecular formula is C16H22N2O5S. The number of sulfonamides is 1. The summed E-state index contributed by atoms with van der Waals surface area (Å²) in [5.41, 5.74) is 1.63. The second-order valence-corrected chi connectivity index (χ2v) is 8.08. The van der Waals surface area contributed by atoms with Gasteiger partial charge in [-0.3, -0.25) is 4.79 Å². The van der Waals surface area contributed by atoms with Crippen molar-refractivity contribution in [2.45, 2.75) is 18.9 Å². The standard InChI is InChI=1S/C16H22N2O5S/c1-24(20,21)18-6-8-22-14(11-18)10-17-16(19)13-4-5-15-12(9-13)3-2-7-23-15/h4-5,9,14H,2-3,6-8,10-11H2,1H3,(H,17,19). The maximum Gasteiger partial charge on any atom is 0.251 e. The maximum absolute atomic E-state index is 12.3. The van der Waals surface area contributed by atoms with E-state index < -0.39 is 10.0 Å². The van der Waals surface area contributed by atoms with E-state index in [9.17, 15) is 13.2 Å². The molecule has 1 aromatic rings. The fourth-order valence-electron chi connectivity index (χ4n) is 2.93. The van der Waals surface area contributed by atoms with Crippen LogP contribution in [0.1, 0.15) is 22.3 Å². The Bertz CT molecular complexity index is 719. The average molecular weight is 354 g/mol. The lowest BCUT2D eigenvalue weighted by molar-refractivity contribution is 0.000437. The molecule has 132 valence electrons. The fourth-order valence-corrected chi connectivity index (χ4v) is 3.77. The Morgan fingerprint density at radius 1 is 1.38 bits per heavy atom. The minimum absolute atomic E-state index is 0.191. The quantitative estimate of drug-likeness (QED) is 0.846. The van der Waals surface area contributed by atoms with Gasteiger partial charge in [-0.05, 0) is 36.6 Å². The summed E-state index contributed by atoms with van der Waals surface area (Å²) in [6.45, 7) is 1.95. The van der Waals surface area contributed by atoms with E-state index in [1.54, 1.807) is 6.07 Å².